The number of thioether (sulfide) groups is 1. The lowest BCUT2D eigenvalue weighted by molar-refractivity contribution is -0.118. The molecule has 0 heterocycles. The van der Waals surface area contributed by atoms with E-state index in [1.54, 1.807) is 36.4 Å². The van der Waals surface area contributed by atoms with Gasteiger partial charge in [0.05, 0.1) is 17.0 Å². The van der Waals surface area contributed by atoms with Crippen LogP contribution in [-0.2, 0) is 4.79 Å². The summed E-state index contributed by atoms with van der Waals surface area (Å²) in [5.41, 5.74) is 2.99. The van der Waals surface area contributed by atoms with Crippen molar-refractivity contribution in [1.82, 2.24) is 5.43 Å². The Hall–Kier alpha value is -1.56. The lowest BCUT2D eigenvalue weighted by atomic mass is 10.2. The maximum atomic E-state index is 13.4. The first-order chi connectivity index (χ1) is 10.6. The summed E-state index contributed by atoms with van der Waals surface area (Å²) in [6.07, 6.45) is 1.42. The number of carbonyl (C=O) groups is 1. The molecule has 0 radical (unpaired) electrons. The highest BCUT2D eigenvalue weighted by Crippen LogP contribution is 2.21. The highest BCUT2D eigenvalue weighted by atomic mass is 35.5. The van der Waals surface area contributed by atoms with Crippen molar-refractivity contribution in [1.29, 1.82) is 0 Å². The Morgan fingerprint density at radius 3 is 2.77 bits per heavy atom. The highest BCUT2D eigenvalue weighted by Gasteiger charge is 2.05. The molecule has 0 aliphatic heterocycles. The van der Waals surface area contributed by atoms with Crippen molar-refractivity contribution in [3.05, 3.63) is 63.9 Å². The third kappa shape index (κ3) is 5.02. The van der Waals surface area contributed by atoms with Gasteiger partial charge >= 0.3 is 0 Å². The Labute approximate surface area is 141 Å². The summed E-state index contributed by atoms with van der Waals surface area (Å²) in [7, 11) is 0. The standard InChI is InChI=1S/C15H11Cl2FN2OS/c16-11-6-5-10(12(17)7-11)8-19-20-15(21)9-22-14-4-2-1-3-13(14)18/h1-8H,9H2,(H,20,21)/b19-8-. The quantitative estimate of drug-likeness (QED) is 0.490. The van der Waals surface area contributed by atoms with Crippen molar-refractivity contribution in [2.45, 2.75) is 4.90 Å². The van der Waals surface area contributed by atoms with Crippen molar-refractivity contribution in [2.24, 2.45) is 5.10 Å². The van der Waals surface area contributed by atoms with E-state index in [0.29, 0.717) is 20.5 Å². The van der Waals surface area contributed by atoms with E-state index in [2.05, 4.69) is 10.5 Å². The number of nitrogens with one attached hydrogen (secondary N) is 1. The molecule has 2 aromatic rings. The Bertz CT molecular complexity index is 710. The number of rotatable bonds is 5. The molecule has 0 bridgehead atoms. The number of carbonyl (C=O) groups excluding carboxylic acids is 1. The molecule has 2 rings (SSSR count). The zero-order valence-corrected chi connectivity index (χ0v) is 13.6. The molecule has 0 unspecified atom stereocenters. The van der Waals surface area contributed by atoms with E-state index in [4.69, 9.17) is 23.2 Å². The minimum absolute atomic E-state index is 0.0621. The number of hydrogen-bond donors (Lipinski definition) is 1. The molecule has 114 valence electrons. The van der Waals surface area contributed by atoms with Crippen LogP contribution in [0.4, 0.5) is 4.39 Å². The first-order valence-electron chi connectivity index (χ1n) is 6.20. The van der Waals surface area contributed by atoms with E-state index in [1.807, 2.05) is 0 Å². The van der Waals surface area contributed by atoms with Gasteiger partial charge in [-0.05, 0) is 24.3 Å². The van der Waals surface area contributed by atoms with Crippen molar-refractivity contribution in [2.75, 3.05) is 5.75 Å². The highest BCUT2D eigenvalue weighted by molar-refractivity contribution is 8.00. The molecule has 3 nitrogen and oxygen atoms in total. The lowest BCUT2D eigenvalue weighted by Gasteiger charge is -2.02. The fourth-order valence-corrected chi connectivity index (χ4v) is 2.71. The summed E-state index contributed by atoms with van der Waals surface area (Å²) in [6.45, 7) is 0. The van der Waals surface area contributed by atoms with Gasteiger partial charge in [0.2, 0.25) is 5.91 Å². The van der Waals surface area contributed by atoms with E-state index < -0.39 is 0 Å². The number of hydrogen-bond acceptors (Lipinski definition) is 3. The zero-order valence-electron chi connectivity index (χ0n) is 11.2. The molecule has 0 fully saturated rings. The minimum Gasteiger partial charge on any atom is -0.272 e. The molecule has 0 aliphatic carbocycles. The lowest BCUT2D eigenvalue weighted by Crippen LogP contribution is -2.19. The van der Waals surface area contributed by atoms with Crippen LogP contribution in [0.25, 0.3) is 0 Å². The van der Waals surface area contributed by atoms with Gasteiger partial charge in [-0.2, -0.15) is 5.10 Å². The van der Waals surface area contributed by atoms with Crippen molar-refractivity contribution >= 4 is 47.1 Å². The van der Waals surface area contributed by atoms with Gasteiger partial charge in [-0.1, -0.05) is 41.4 Å². The number of halogens is 3. The third-order valence-corrected chi connectivity index (χ3v) is 4.16. The number of hydrazone groups is 1. The molecule has 0 saturated carbocycles. The van der Waals surface area contributed by atoms with Crippen molar-refractivity contribution < 1.29 is 9.18 Å². The first-order valence-corrected chi connectivity index (χ1v) is 7.94. The van der Waals surface area contributed by atoms with Crippen LogP contribution >= 0.6 is 35.0 Å². The van der Waals surface area contributed by atoms with E-state index in [1.165, 1.54) is 12.3 Å². The number of amides is 1. The summed E-state index contributed by atoms with van der Waals surface area (Å²) < 4.78 is 13.4. The molecule has 0 spiro atoms. The second-order valence-electron chi connectivity index (χ2n) is 4.18. The molecular weight excluding hydrogens is 346 g/mol. The Morgan fingerprint density at radius 2 is 2.05 bits per heavy atom. The maximum absolute atomic E-state index is 13.4. The van der Waals surface area contributed by atoms with Crippen molar-refractivity contribution in [3.8, 4) is 0 Å². The predicted molar refractivity (Wildman–Crippen MR) is 89.3 cm³/mol. The van der Waals surface area contributed by atoms with Gasteiger partial charge in [0.1, 0.15) is 5.82 Å². The normalized spacial score (nSPS) is 10.9. The molecule has 0 aliphatic rings. The van der Waals surface area contributed by atoms with E-state index in [-0.39, 0.29) is 17.5 Å². The molecule has 2 aromatic carbocycles. The van der Waals surface area contributed by atoms with Gasteiger partial charge in [0, 0.05) is 15.5 Å². The van der Waals surface area contributed by atoms with Gasteiger partial charge in [0.25, 0.3) is 0 Å². The van der Waals surface area contributed by atoms with Crippen LogP contribution < -0.4 is 5.43 Å². The van der Waals surface area contributed by atoms with Crippen LogP contribution in [0.15, 0.2) is 52.5 Å². The van der Waals surface area contributed by atoms with E-state index in [0.717, 1.165) is 11.8 Å². The summed E-state index contributed by atoms with van der Waals surface area (Å²) in [5.74, 6) is -0.626. The van der Waals surface area contributed by atoms with Crippen LogP contribution in [0.1, 0.15) is 5.56 Å². The van der Waals surface area contributed by atoms with E-state index >= 15 is 0 Å². The molecule has 0 aromatic heterocycles. The molecule has 7 heteroatoms. The van der Waals surface area contributed by atoms with Crippen molar-refractivity contribution in [3.63, 3.8) is 0 Å². The van der Waals surface area contributed by atoms with Crippen LogP contribution in [0.5, 0.6) is 0 Å². The summed E-state index contributed by atoms with van der Waals surface area (Å²) in [6, 6.07) is 11.2. The molecule has 22 heavy (non-hydrogen) atoms. The van der Waals surface area contributed by atoms with Gasteiger partial charge in [-0.3, -0.25) is 4.79 Å². The maximum Gasteiger partial charge on any atom is 0.250 e. The zero-order chi connectivity index (χ0) is 15.9. The summed E-state index contributed by atoms with van der Waals surface area (Å²) in [4.78, 5) is 12.1. The average Bonchev–Trinajstić information content (AvgIpc) is 2.49. The van der Waals surface area contributed by atoms with Crippen LogP contribution in [0, 0.1) is 5.82 Å². The monoisotopic (exact) mass is 356 g/mol. The average molecular weight is 357 g/mol. The van der Waals surface area contributed by atoms with Gasteiger partial charge in [-0.15, -0.1) is 11.8 Å². The van der Waals surface area contributed by atoms with Gasteiger partial charge in [0.15, 0.2) is 0 Å². The fraction of sp³-hybridized carbons (Fsp3) is 0.0667. The van der Waals surface area contributed by atoms with Crippen LogP contribution in [-0.4, -0.2) is 17.9 Å². The fourth-order valence-electron chi connectivity index (χ4n) is 1.52. The second kappa shape index (κ2) is 8.17. The molecule has 0 saturated heterocycles. The number of nitrogens with zero attached hydrogens (tertiary/aromatic N) is 1. The van der Waals surface area contributed by atoms with E-state index in [9.17, 15) is 9.18 Å². The van der Waals surface area contributed by atoms with Crippen LogP contribution in [0.3, 0.4) is 0 Å². The summed E-state index contributed by atoms with van der Waals surface area (Å²) >= 11 is 12.9. The Balaban J connectivity index is 1.85. The molecular formula is C15H11Cl2FN2OS. The Morgan fingerprint density at radius 1 is 1.27 bits per heavy atom. The van der Waals surface area contributed by atoms with Gasteiger partial charge < -0.3 is 0 Å². The third-order valence-electron chi connectivity index (χ3n) is 2.55. The largest absolute Gasteiger partial charge is 0.272 e. The predicted octanol–water partition coefficient (Wildman–Crippen LogP) is 4.37. The van der Waals surface area contributed by atoms with Gasteiger partial charge in [-0.25, -0.2) is 9.82 Å². The molecule has 1 N–H and O–H groups in total. The minimum atomic E-state index is -0.350. The molecule has 0 atom stereocenters. The number of benzene rings is 2. The topological polar surface area (TPSA) is 41.5 Å². The van der Waals surface area contributed by atoms with Crippen LogP contribution in [0.2, 0.25) is 10.0 Å². The smallest absolute Gasteiger partial charge is 0.250 e. The molecule has 1 amide bonds. The summed E-state index contributed by atoms with van der Waals surface area (Å²) in [5, 5.41) is 4.76. The SMILES string of the molecule is O=C(CSc1ccccc1F)N/N=C\c1ccc(Cl)cc1Cl. The first kappa shape index (κ1) is 16.8. The Kier molecular flexibility index (Phi) is 6.24. The second-order valence-corrected chi connectivity index (χ2v) is 6.04.